The molecule has 0 aliphatic rings. The van der Waals surface area contributed by atoms with Gasteiger partial charge in [0.2, 0.25) is 0 Å². The molecule has 5 heteroatoms. The Morgan fingerprint density at radius 3 is 2.79 bits per heavy atom. The fourth-order valence-corrected chi connectivity index (χ4v) is 2.20. The number of aromatic nitrogens is 2. The second-order valence-electron chi connectivity index (χ2n) is 4.36. The van der Waals surface area contributed by atoms with Crippen LogP contribution in [0.3, 0.4) is 0 Å². The van der Waals surface area contributed by atoms with Crippen LogP contribution in [0.5, 0.6) is 5.75 Å². The molecule has 0 radical (unpaired) electrons. The van der Waals surface area contributed by atoms with E-state index in [1.54, 1.807) is 30.1 Å². The lowest BCUT2D eigenvalue weighted by atomic mass is 10.0. The molecule has 102 valence electrons. The van der Waals surface area contributed by atoms with E-state index in [0.717, 1.165) is 5.69 Å². The van der Waals surface area contributed by atoms with Crippen molar-refractivity contribution in [2.45, 2.75) is 12.5 Å². The zero-order chi connectivity index (χ0) is 13.8. The van der Waals surface area contributed by atoms with E-state index in [0.29, 0.717) is 17.7 Å². The number of hydrogen-bond donors (Lipinski definition) is 1. The molecule has 4 nitrogen and oxygen atoms in total. The maximum Gasteiger partial charge on any atom is 0.161 e. The van der Waals surface area contributed by atoms with Crippen LogP contribution in [0.15, 0.2) is 30.5 Å². The molecule has 1 aromatic heterocycles. The Hall–Kier alpha value is -1.88. The van der Waals surface area contributed by atoms with Crippen LogP contribution in [0.1, 0.15) is 17.3 Å². The zero-order valence-corrected chi connectivity index (χ0v) is 11.4. The molecule has 1 unspecified atom stereocenters. The van der Waals surface area contributed by atoms with Gasteiger partial charge in [0.15, 0.2) is 5.75 Å². The second-order valence-corrected chi connectivity index (χ2v) is 4.36. The van der Waals surface area contributed by atoms with E-state index in [1.165, 1.54) is 6.07 Å². The molecule has 0 aliphatic heterocycles. The smallest absolute Gasteiger partial charge is 0.161 e. The van der Waals surface area contributed by atoms with Gasteiger partial charge in [-0.1, -0.05) is 18.2 Å². The maximum absolute atomic E-state index is 13.7. The van der Waals surface area contributed by atoms with Crippen molar-refractivity contribution >= 4 is 0 Å². The van der Waals surface area contributed by atoms with Crippen molar-refractivity contribution in [3.05, 3.63) is 47.5 Å². The van der Waals surface area contributed by atoms with Crippen LogP contribution in [0.2, 0.25) is 0 Å². The second kappa shape index (κ2) is 5.84. The van der Waals surface area contributed by atoms with Crippen molar-refractivity contribution in [3.8, 4) is 5.75 Å². The largest absolute Gasteiger partial charge is 0.493 e. The number of benzene rings is 1. The van der Waals surface area contributed by atoms with Gasteiger partial charge in [0.25, 0.3) is 0 Å². The van der Waals surface area contributed by atoms with E-state index in [1.807, 2.05) is 20.2 Å². The molecule has 19 heavy (non-hydrogen) atoms. The molecule has 0 amide bonds. The van der Waals surface area contributed by atoms with Gasteiger partial charge in [0, 0.05) is 7.05 Å². The van der Waals surface area contributed by atoms with Gasteiger partial charge in [-0.25, -0.2) is 4.39 Å². The summed E-state index contributed by atoms with van der Waals surface area (Å²) in [4.78, 5) is 0. The molecule has 0 fully saturated rings. The molecule has 0 saturated heterocycles. The quantitative estimate of drug-likeness (QED) is 0.897. The van der Waals surface area contributed by atoms with Crippen LogP contribution in [0.4, 0.5) is 4.39 Å². The summed E-state index contributed by atoms with van der Waals surface area (Å²) in [6.45, 7) is 0. The normalized spacial score (nSPS) is 12.4. The average Bonchev–Trinajstić information content (AvgIpc) is 2.79. The van der Waals surface area contributed by atoms with Gasteiger partial charge in [0.05, 0.1) is 25.0 Å². The Labute approximate surface area is 112 Å². The van der Waals surface area contributed by atoms with Crippen LogP contribution in [-0.4, -0.2) is 23.9 Å². The van der Waals surface area contributed by atoms with Gasteiger partial charge < -0.3 is 10.1 Å². The van der Waals surface area contributed by atoms with E-state index >= 15 is 0 Å². The van der Waals surface area contributed by atoms with Gasteiger partial charge in [-0.05, 0) is 25.1 Å². The molecule has 1 aromatic carbocycles. The molecule has 2 rings (SSSR count). The number of aryl methyl sites for hydroxylation is 1. The van der Waals surface area contributed by atoms with Crippen molar-refractivity contribution in [2.24, 2.45) is 7.05 Å². The van der Waals surface area contributed by atoms with E-state index in [9.17, 15) is 4.39 Å². The Kier molecular flexibility index (Phi) is 4.16. The number of halogens is 1. The summed E-state index contributed by atoms with van der Waals surface area (Å²) >= 11 is 0. The highest BCUT2D eigenvalue weighted by Crippen LogP contribution is 2.27. The first-order valence-electron chi connectivity index (χ1n) is 6.14. The first-order chi connectivity index (χ1) is 9.17. The summed E-state index contributed by atoms with van der Waals surface area (Å²) in [5.41, 5.74) is 1.58. The summed E-state index contributed by atoms with van der Waals surface area (Å²) in [7, 11) is 5.30. The van der Waals surface area contributed by atoms with Gasteiger partial charge in [0.1, 0.15) is 5.82 Å². The highest BCUT2D eigenvalue weighted by molar-refractivity contribution is 5.30. The maximum atomic E-state index is 13.7. The minimum atomic E-state index is -0.191. The third-order valence-electron chi connectivity index (χ3n) is 3.23. The van der Waals surface area contributed by atoms with Crippen molar-refractivity contribution < 1.29 is 9.13 Å². The monoisotopic (exact) mass is 263 g/mol. The van der Waals surface area contributed by atoms with E-state index in [2.05, 4.69) is 10.4 Å². The predicted molar refractivity (Wildman–Crippen MR) is 71.7 cm³/mol. The standard InChI is InChI=1S/C14H18FN3O/c1-16-12(8-10-6-4-5-7-11(10)15)14-13(19-3)9-17-18(14)2/h4-7,9,12,16H,8H2,1-3H3. The third kappa shape index (κ3) is 2.76. The van der Waals surface area contributed by atoms with Crippen LogP contribution in [0.25, 0.3) is 0 Å². The Morgan fingerprint density at radius 1 is 1.42 bits per heavy atom. The molecular weight excluding hydrogens is 245 g/mol. The number of nitrogens with one attached hydrogen (secondary N) is 1. The summed E-state index contributed by atoms with van der Waals surface area (Å²) in [6, 6.07) is 6.74. The van der Waals surface area contributed by atoms with E-state index in [4.69, 9.17) is 4.74 Å². The molecule has 0 saturated carbocycles. The number of likely N-dealkylation sites (N-methyl/N-ethyl adjacent to an activating group) is 1. The van der Waals surface area contributed by atoms with Gasteiger partial charge in [-0.15, -0.1) is 0 Å². The topological polar surface area (TPSA) is 39.1 Å². The lowest BCUT2D eigenvalue weighted by molar-refractivity contribution is 0.396. The minimum Gasteiger partial charge on any atom is -0.493 e. The molecule has 1 heterocycles. The summed E-state index contributed by atoms with van der Waals surface area (Å²) in [6.07, 6.45) is 2.21. The van der Waals surface area contributed by atoms with Crippen molar-refractivity contribution in [3.63, 3.8) is 0 Å². The molecule has 1 atom stereocenters. The van der Waals surface area contributed by atoms with E-state index < -0.39 is 0 Å². The summed E-state index contributed by atoms with van der Waals surface area (Å²) in [5.74, 6) is 0.516. The van der Waals surface area contributed by atoms with Crippen LogP contribution in [-0.2, 0) is 13.5 Å². The lowest BCUT2D eigenvalue weighted by Crippen LogP contribution is -2.22. The molecule has 1 N–H and O–H groups in total. The fraction of sp³-hybridized carbons (Fsp3) is 0.357. The molecule has 0 spiro atoms. The van der Waals surface area contributed by atoms with Gasteiger partial charge >= 0.3 is 0 Å². The average molecular weight is 263 g/mol. The molecule has 0 aliphatic carbocycles. The number of rotatable bonds is 5. The first kappa shape index (κ1) is 13.5. The van der Waals surface area contributed by atoms with Crippen LogP contribution < -0.4 is 10.1 Å². The Bertz CT molecular complexity index is 553. The van der Waals surface area contributed by atoms with Crippen molar-refractivity contribution in [1.29, 1.82) is 0 Å². The Morgan fingerprint density at radius 2 is 2.16 bits per heavy atom. The van der Waals surface area contributed by atoms with Gasteiger partial charge in [-0.2, -0.15) is 5.10 Å². The fourth-order valence-electron chi connectivity index (χ4n) is 2.20. The van der Waals surface area contributed by atoms with Gasteiger partial charge in [-0.3, -0.25) is 4.68 Å². The molecular formula is C14H18FN3O. The summed E-state index contributed by atoms with van der Waals surface area (Å²) in [5, 5.41) is 7.37. The SMILES string of the molecule is CNC(Cc1ccccc1F)c1c(OC)cnn1C. The lowest BCUT2D eigenvalue weighted by Gasteiger charge is -2.18. The number of hydrogen-bond acceptors (Lipinski definition) is 3. The Balaban J connectivity index is 2.30. The minimum absolute atomic E-state index is 0.0562. The van der Waals surface area contributed by atoms with Crippen LogP contribution >= 0.6 is 0 Å². The van der Waals surface area contributed by atoms with E-state index in [-0.39, 0.29) is 11.9 Å². The molecule has 0 bridgehead atoms. The predicted octanol–water partition coefficient (Wildman–Crippen LogP) is 2.07. The number of methoxy groups -OCH3 is 1. The van der Waals surface area contributed by atoms with Crippen molar-refractivity contribution in [2.75, 3.05) is 14.2 Å². The number of ether oxygens (including phenoxy) is 1. The highest BCUT2D eigenvalue weighted by Gasteiger charge is 2.20. The zero-order valence-electron chi connectivity index (χ0n) is 11.4. The first-order valence-corrected chi connectivity index (χ1v) is 6.14. The third-order valence-corrected chi connectivity index (χ3v) is 3.23. The summed E-state index contributed by atoms with van der Waals surface area (Å²) < 4.78 is 20.8. The van der Waals surface area contributed by atoms with Crippen LogP contribution in [0, 0.1) is 5.82 Å². The number of nitrogens with zero attached hydrogens (tertiary/aromatic N) is 2. The van der Waals surface area contributed by atoms with Crippen molar-refractivity contribution in [1.82, 2.24) is 15.1 Å². The molecule has 2 aromatic rings. The highest BCUT2D eigenvalue weighted by atomic mass is 19.1.